The first-order valence-electron chi connectivity index (χ1n) is 11.2. The lowest BCUT2D eigenvalue weighted by Gasteiger charge is -2.35. The summed E-state index contributed by atoms with van der Waals surface area (Å²) in [5.74, 6) is -0.394. The highest BCUT2D eigenvalue weighted by atomic mass is 19.4. The number of halogens is 3. The lowest BCUT2D eigenvalue weighted by atomic mass is 10.0. The molecule has 0 saturated carbocycles. The SMILES string of the molecule is CC(C)CC(CNC(=O)C1CC(=O)N(Cc2cccc(C(F)(F)F)c2)C1)N1CCOCC1. The van der Waals surface area contributed by atoms with Gasteiger partial charge >= 0.3 is 6.18 Å². The van der Waals surface area contributed by atoms with Crippen LogP contribution in [0, 0.1) is 11.8 Å². The van der Waals surface area contributed by atoms with Gasteiger partial charge < -0.3 is 15.0 Å². The molecule has 3 rings (SSSR count). The molecule has 2 aliphatic heterocycles. The number of hydrogen-bond donors (Lipinski definition) is 1. The first-order chi connectivity index (χ1) is 15.1. The Morgan fingerprint density at radius 1 is 1.25 bits per heavy atom. The number of benzene rings is 1. The molecule has 0 aromatic heterocycles. The third-order valence-electron chi connectivity index (χ3n) is 6.03. The number of carbonyl (C=O) groups is 2. The smallest absolute Gasteiger partial charge is 0.379 e. The van der Waals surface area contributed by atoms with Crippen LogP contribution < -0.4 is 5.32 Å². The molecule has 0 aliphatic carbocycles. The number of nitrogens with zero attached hydrogens (tertiary/aromatic N) is 2. The largest absolute Gasteiger partial charge is 0.416 e. The predicted octanol–water partition coefficient (Wildman–Crippen LogP) is 2.92. The van der Waals surface area contributed by atoms with E-state index >= 15 is 0 Å². The number of morpholine rings is 1. The first-order valence-corrected chi connectivity index (χ1v) is 11.2. The maximum Gasteiger partial charge on any atom is 0.416 e. The first kappa shape index (κ1) is 24.5. The molecule has 0 spiro atoms. The van der Waals surface area contributed by atoms with E-state index in [0.717, 1.165) is 31.6 Å². The molecule has 9 heteroatoms. The third-order valence-corrected chi connectivity index (χ3v) is 6.03. The van der Waals surface area contributed by atoms with Gasteiger partial charge in [0.1, 0.15) is 0 Å². The van der Waals surface area contributed by atoms with Gasteiger partial charge in [0.25, 0.3) is 0 Å². The van der Waals surface area contributed by atoms with E-state index in [0.29, 0.717) is 31.2 Å². The maximum absolute atomic E-state index is 12.9. The highest BCUT2D eigenvalue weighted by Gasteiger charge is 2.35. The average Bonchev–Trinajstić information content (AvgIpc) is 3.11. The van der Waals surface area contributed by atoms with Crippen molar-refractivity contribution in [3.8, 4) is 0 Å². The number of likely N-dealkylation sites (tertiary alicyclic amines) is 1. The molecule has 0 radical (unpaired) electrons. The second kappa shape index (κ2) is 10.7. The minimum Gasteiger partial charge on any atom is -0.379 e. The number of nitrogens with one attached hydrogen (secondary N) is 1. The van der Waals surface area contributed by atoms with Crippen molar-refractivity contribution >= 4 is 11.8 Å². The summed E-state index contributed by atoms with van der Waals surface area (Å²) in [7, 11) is 0. The molecular weight excluding hydrogens is 423 g/mol. The van der Waals surface area contributed by atoms with Crippen LogP contribution in [0.25, 0.3) is 0 Å². The standard InChI is InChI=1S/C23H32F3N3O3/c1-16(2)10-20(28-6-8-32-9-7-28)13-27-22(31)18-12-21(30)29(15-18)14-17-4-3-5-19(11-17)23(24,25)26/h3-5,11,16,18,20H,6-10,12-15H2,1-2H3,(H,27,31). The van der Waals surface area contributed by atoms with Gasteiger partial charge in [0.15, 0.2) is 0 Å². The Morgan fingerprint density at radius 2 is 1.97 bits per heavy atom. The number of amides is 2. The second-order valence-corrected chi connectivity index (χ2v) is 9.05. The molecule has 178 valence electrons. The molecule has 1 N–H and O–H groups in total. The van der Waals surface area contributed by atoms with Gasteiger partial charge in [-0.05, 0) is 30.0 Å². The molecular formula is C23H32F3N3O3. The molecule has 2 heterocycles. The van der Waals surface area contributed by atoms with Crippen LogP contribution in [-0.4, -0.2) is 67.0 Å². The van der Waals surface area contributed by atoms with Crippen LogP contribution in [-0.2, 0) is 27.0 Å². The van der Waals surface area contributed by atoms with Crippen molar-refractivity contribution in [2.75, 3.05) is 39.4 Å². The van der Waals surface area contributed by atoms with E-state index in [9.17, 15) is 22.8 Å². The summed E-state index contributed by atoms with van der Waals surface area (Å²) < 4.78 is 44.3. The topological polar surface area (TPSA) is 61.9 Å². The molecule has 32 heavy (non-hydrogen) atoms. The Balaban J connectivity index is 1.55. The van der Waals surface area contributed by atoms with Gasteiger partial charge in [-0.3, -0.25) is 14.5 Å². The summed E-state index contributed by atoms with van der Waals surface area (Å²) in [6.45, 7) is 8.13. The normalized spacial score (nSPS) is 21.2. The van der Waals surface area contributed by atoms with Gasteiger partial charge in [-0.15, -0.1) is 0 Å². The van der Waals surface area contributed by atoms with Gasteiger partial charge in [0.05, 0.1) is 24.7 Å². The second-order valence-electron chi connectivity index (χ2n) is 9.05. The molecule has 6 nitrogen and oxygen atoms in total. The Morgan fingerprint density at radius 3 is 2.62 bits per heavy atom. The van der Waals surface area contributed by atoms with Crippen LogP contribution in [0.5, 0.6) is 0 Å². The lowest BCUT2D eigenvalue weighted by Crippen LogP contribution is -2.50. The summed E-state index contributed by atoms with van der Waals surface area (Å²) in [5.41, 5.74) is -0.339. The maximum atomic E-state index is 12.9. The molecule has 2 unspecified atom stereocenters. The molecule has 1 aromatic carbocycles. The van der Waals surface area contributed by atoms with Crippen molar-refractivity contribution in [3.05, 3.63) is 35.4 Å². The van der Waals surface area contributed by atoms with Crippen LogP contribution in [0.3, 0.4) is 0 Å². The predicted molar refractivity (Wildman–Crippen MR) is 114 cm³/mol. The fraction of sp³-hybridized carbons (Fsp3) is 0.652. The molecule has 2 atom stereocenters. The van der Waals surface area contributed by atoms with Crippen LogP contribution in [0.1, 0.15) is 37.8 Å². The van der Waals surface area contributed by atoms with Gasteiger partial charge in [0.2, 0.25) is 11.8 Å². The van der Waals surface area contributed by atoms with Gasteiger partial charge in [-0.25, -0.2) is 0 Å². The summed E-state index contributed by atoms with van der Waals surface area (Å²) in [5, 5.41) is 3.01. The fourth-order valence-electron chi connectivity index (χ4n) is 4.38. The van der Waals surface area contributed by atoms with Crippen LogP contribution in [0.2, 0.25) is 0 Å². The summed E-state index contributed by atoms with van der Waals surface area (Å²) in [4.78, 5) is 29.0. The highest BCUT2D eigenvalue weighted by molar-refractivity contribution is 5.89. The van der Waals surface area contributed by atoms with Gasteiger partial charge in [0, 0.05) is 45.2 Å². The monoisotopic (exact) mass is 455 g/mol. The molecule has 2 saturated heterocycles. The summed E-state index contributed by atoms with van der Waals surface area (Å²) in [6.07, 6.45) is -3.40. The highest BCUT2D eigenvalue weighted by Crippen LogP contribution is 2.30. The molecule has 2 amide bonds. The zero-order valence-corrected chi connectivity index (χ0v) is 18.7. The zero-order valence-electron chi connectivity index (χ0n) is 18.7. The Labute approximate surface area is 187 Å². The number of hydrogen-bond acceptors (Lipinski definition) is 4. The van der Waals surface area contributed by atoms with Crippen molar-refractivity contribution < 1.29 is 27.5 Å². The van der Waals surface area contributed by atoms with Crippen molar-refractivity contribution in [2.45, 2.75) is 45.5 Å². The van der Waals surface area contributed by atoms with Crippen molar-refractivity contribution in [2.24, 2.45) is 11.8 Å². The Hall–Kier alpha value is -2.13. The van der Waals surface area contributed by atoms with E-state index < -0.39 is 17.7 Å². The van der Waals surface area contributed by atoms with Crippen LogP contribution in [0.15, 0.2) is 24.3 Å². The van der Waals surface area contributed by atoms with Gasteiger partial charge in [-0.2, -0.15) is 13.2 Å². The van der Waals surface area contributed by atoms with Crippen molar-refractivity contribution in [3.63, 3.8) is 0 Å². The minimum absolute atomic E-state index is 0.0658. The molecule has 0 bridgehead atoms. The van der Waals surface area contributed by atoms with Crippen LogP contribution >= 0.6 is 0 Å². The molecule has 2 fully saturated rings. The Kier molecular flexibility index (Phi) is 8.16. The fourth-order valence-corrected chi connectivity index (χ4v) is 4.38. The summed E-state index contributed by atoms with van der Waals surface area (Å²) in [6, 6.07) is 5.17. The summed E-state index contributed by atoms with van der Waals surface area (Å²) >= 11 is 0. The minimum atomic E-state index is -4.43. The lowest BCUT2D eigenvalue weighted by molar-refractivity contribution is -0.137. The van der Waals surface area contributed by atoms with Gasteiger partial charge in [-0.1, -0.05) is 26.0 Å². The van der Waals surface area contributed by atoms with E-state index in [1.807, 2.05) is 0 Å². The van der Waals surface area contributed by atoms with E-state index in [4.69, 9.17) is 4.74 Å². The van der Waals surface area contributed by atoms with E-state index in [2.05, 4.69) is 24.1 Å². The number of carbonyl (C=O) groups excluding carboxylic acids is 2. The van der Waals surface area contributed by atoms with E-state index in [-0.39, 0.29) is 37.4 Å². The van der Waals surface area contributed by atoms with Crippen molar-refractivity contribution in [1.82, 2.24) is 15.1 Å². The van der Waals surface area contributed by atoms with Crippen LogP contribution in [0.4, 0.5) is 13.2 Å². The molecule has 1 aromatic rings. The zero-order chi connectivity index (χ0) is 23.3. The van der Waals surface area contributed by atoms with Crippen molar-refractivity contribution in [1.29, 1.82) is 0 Å². The quantitative estimate of drug-likeness (QED) is 0.655. The average molecular weight is 456 g/mol. The number of alkyl halides is 3. The molecule has 2 aliphatic rings. The van der Waals surface area contributed by atoms with E-state index in [1.165, 1.54) is 11.0 Å². The van der Waals surface area contributed by atoms with E-state index in [1.54, 1.807) is 6.07 Å². The third kappa shape index (κ3) is 6.68. The Bertz CT molecular complexity index is 794. The number of rotatable bonds is 8. The number of ether oxygens (including phenoxy) is 1.